The predicted molar refractivity (Wildman–Crippen MR) is 71.1 cm³/mol. The Labute approximate surface area is 94.3 Å². The van der Waals surface area contributed by atoms with E-state index in [1.807, 2.05) is 0 Å². The van der Waals surface area contributed by atoms with Gasteiger partial charge in [0.15, 0.2) is 0 Å². The van der Waals surface area contributed by atoms with Crippen LogP contribution in [0, 0.1) is 5.92 Å². The van der Waals surface area contributed by atoms with Crippen molar-refractivity contribution in [1.29, 1.82) is 0 Å². The molecule has 0 fully saturated rings. The van der Waals surface area contributed by atoms with Gasteiger partial charge in [-0.15, -0.1) is 0 Å². The second-order valence-corrected chi connectivity index (χ2v) is 8.40. The first-order chi connectivity index (χ1) is 6.48. The topological polar surface area (TPSA) is 0 Å². The zero-order valence-corrected chi connectivity index (χ0v) is 13.0. The van der Waals surface area contributed by atoms with Gasteiger partial charge in [0, 0.05) is 10.2 Å². The molecule has 0 nitrogen and oxygen atoms in total. The Bertz CT molecular complexity index is 124. The van der Waals surface area contributed by atoms with Crippen molar-refractivity contribution in [3.63, 3.8) is 0 Å². The molecule has 0 amide bonds. The van der Waals surface area contributed by atoms with Gasteiger partial charge in [-0.25, -0.2) is 0 Å². The second-order valence-electron chi connectivity index (χ2n) is 5.82. The van der Waals surface area contributed by atoms with Crippen LogP contribution < -0.4 is 0 Å². The molecular formula is C13H30Si. The molecule has 0 heterocycles. The summed E-state index contributed by atoms with van der Waals surface area (Å²) < 4.78 is 0. The molecule has 0 aliphatic rings. The highest BCUT2D eigenvalue weighted by Crippen LogP contribution is 2.33. The van der Waals surface area contributed by atoms with E-state index >= 15 is 0 Å². The molecule has 0 radical (unpaired) electrons. The fourth-order valence-electron chi connectivity index (χ4n) is 1.66. The van der Waals surface area contributed by atoms with Crippen LogP contribution in [0.2, 0.25) is 5.04 Å². The van der Waals surface area contributed by atoms with E-state index in [4.69, 9.17) is 0 Å². The quantitative estimate of drug-likeness (QED) is 0.424. The standard InChI is InChI=1S/C13H30Si/c1-5-6-7-8-9-10-11-12(2)13(3,4)14/h12H,5-11H2,1-4,14H3. The Morgan fingerprint density at radius 1 is 1.00 bits per heavy atom. The molecule has 0 bridgehead atoms. The monoisotopic (exact) mass is 214 g/mol. The van der Waals surface area contributed by atoms with Gasteiger partial charge in [-0.05, 0) is 11.0 Å². The third kappa shape index (κ3) is 7.60. The minimum absolute atomic E-state index is 0.642. The maximum atomic E-state index is 2.43. The van der Waals surface area contributed by atoms with Gasteiger partial charge in [0.05, 0.1) is 0 Å². The number of hydrogen-bond donors (Lipinski definition) is 0. The van der Waals surface area contributed by atoms with E-state index in [1.165, 1.54) is 55.2 Å². The van der Waals surface area contributed by atoms with Crippen molar-refractivity contribution < 1.29 is 0 Å². The van der Waals surface area contributed by atoms with Crippen molar-refractivity contribution in [2.45, 2.75) is 77.7 Å². The average Bonchev–Trinajstić information content (AvgIpc) is 2.09. The molecule has 1 atom stereocenters. The Balaban J connectivity index is 3.28. The van der Waals surface area contributed by atoms with Gasteiger partial charge < -0.3 is 0 Å². The van der Waals surface area contributed by atoms with Crippen molar-refractivity contribution >= 4 is 10.2 Å². The molecule has 0 rings (SSSR count). The fourth-order valence-corrected chi connectivity index (χ4v) is 1.95. The number of hydrogen-bond acceptors (Lipinski definition) is 0. The molecule has 0 saturated heterocycles. The lowest BCUT2D eigenvalue weighted by molar-refractivity contribution is 0.392. The van der Waals surface area contributed by atoms with Gasteiger partial charge in [0.1, 0.15) is 0 Å². The summed E-state index contributed by atoms with van der Waals surface area (Å²) in [7, 11) is 1.33. The van der Waals surface area contributed by atoms with Crippen molar-refractivity contribution in [3.05, 3.63) is 0 Å². The lowest BCUT2D eigenvalue weighted by Crippen LogP contribution is -2.14. The van der Waals surface area contributed by atoms with Crippen LogP contribution in [-0.2, 0) is 0 Å². The first-order valence-corrected chi connectivity index (χ1v) is 7.48. The van der Waals surface area contributed by atoms with Gasteiger partial charge in [-0.3, -0.25) is 0 Å². The average molecular weight is 214 g/mol. The maximum absolute atomic E-state index is 2.43. The third-order valence-electron chi connectivity index (χ3n) is 3.47. The van der Waals surface area contributed by atoms with Crippen LogP contribution in [0.5, 0.6) is 0 Å². The minimum Gasteiger partial charge on any atom is -0.0654 e. The molecule has 0 aliphatic carbocycles. The van der Waals surface area contributed by atoms with Gasteiger partial charge in [0.2, 0.25) is 0 Å². The molecule has 1 heteroatoms. The Morgan fingerprint density at radius 2 is 1.50 bits per heavy atom. The van der Waals surface area contributed by atoms with E-state index in [1.54, 1.807) is 0 Å². The van der Waals surface area contributed by atoms with Crippen LogP contribution in [0.25, 0.3) is 0 Å². The van der Waals surface area contributed by atoms with Crippen LogP contribution in [0.3, 0.4) is 0 Å². The summed E-state index contributed by atoms with van der Waals surface area (Å²) in [6.07, 6.45) is 10.1. The second kappa shape index (κ2) is 7.50. The summed E-state index contributed by atoms with van der Waals surface area (Å²) in [6.45, 7) is 9.55. The molecule has 14 heavy (non-hydrogen) atoms. The van der Waals surface area contributed by atoms with Crippen molar-refractivity contribution in [3.8, 4) is 0 Å². The molecule has 1 unspecified atom stereocenters. The first kappa shape index (κ1) is 14.2. The zero-order chi connectivity index (χ0) is 11.0. The van der Waals surface area contributed by atoms with Crippen LogP contribution in [0.4, 0.5) is 0 Å². The summed E-state index contributed by atoms with van der Waals surface area (Å²) in [5.41, 5.74) is 0. The highest BCUT2D eigenvalue weighted by molar-refractivity contribution is 6.14. The van der Waals surface area contributed by atoms with Gasteiger partial charge in [-0.1, -0.05) is 72.6 Å². The summed E-state index contributed by atoms with van der Waals surface area (Å²) in [5, 5.41) is 0.642. The molecule has 0 aromatic rings. The van der Waals surface area contributed by atoms with Crippen molar-refractivity contribution in [2.75, 3.05) is 0 Å². The van der Waals surface area contributed by atoms with E-state index < -0.39 is 0 Å². The summed E-state index contributed by atoms with van der Waals surface area (Å²) in [5.74, 6) is 0.931. The summed E-state index contributed by atoms with van der Waals surface area (Å²) in [6, 6.07) is 0. The summed E-state index contributed by atoms with van der Waals surface area (Å²) in [4.78, 5) is 0. The highest BCUT2D eigenvalue weighted by Gasteiger charge is 2.18. The molecule has 0 spiro atoms. The number of rotatable bonds is 8. The van der Waals surface area contributed by atoms with Crippen LogP contribution in [0.1, 0.15) is 72.6 Å². The smallest absolute Gasteiger partial charge is 0.0103 e. The Hall–Kier alpha value is 0.217. The highest BCUT2D eigenvalue weighted by atomic mass is 28.1. The normalized spacial score (nSPS) is 14.6. The molecule has 0 saturated carbocycles. The SMILES string of the molecule is CCCCCCCCC(C)C(C)(C)[SiH3]. The lowest BCUT2D eigenvalue weighted by atomic mass is 9.91. The molecule has 0 aromatic heterocycles. The molecule has 86 valence electrons. The van der Waals surface area contributed by atoms with Gasteiger partial charge in [-0.2, -0.15) is 0 Å². The molecule has 0 aromatic carbocycles. The number of unbranched alkanes of at least 4 members (excludes halogenated alkanes) is 5. The van der Waals surface area contributed by atoms with E-state index in [0.717, 1.165) is 5.92 Å². The minimum atomic E-state index is 0.642. The molecule has 0 N–H and O–H groups in total. The van der Waals surface area contributed by atoms with Crippen molar-refractivity contribution in [1.82, 2.24) is 0 Å². The zero-order valence-electron chi connectivity index (χ0n) is 11.0. The van der Waals surface area contributed by atoms with Gasteiger partial charge >= 0.3 is 0 Å². The predicted octanol–water partition coefficient (Wildman–Crippen LogP) is 3.94. The Kier molecular flexibility index (Phi) is 7.62. The van der Waals surface area contributed by atoms with Gasteiger partial charge in [0.25, 0.3) is 0 Å². The summed E-state index contributed by atoms with van der Waals surface area (Å²) >= 11 is 0. The van der Waals surface area contributed by atoms with Crippen molar-refractivity contribution in [2.24, 2.45) is 5.92 Å². The first-order valence-electron chi connectivity index (χ1n) is 6.48. The van der Waals surface area contributed by atoms with Crippen LogP contribution in [-0.4, -0.2) is 10.2 Å². The Morgan fingerprint density at radius 3 is 2.00 bits per heavy atom. The van der Waals surface area contributed by atoms with E-state index in [2.05, 4.69) is 27.7 Å². The van der Waals surface area contributed by atoms with E-state index in [9.17, 15) is 0 Å². The maximum Gasteiger partial charge on any atom is 0.0103 e. The fraction of sp³-hybridized carbons (Fsp3) is 1.00. The lowest BCUT2D eigenvalue weighted by Gasteiger charge is -2.27. The van der Waals surface area contributed by atoms with Crippen LogP contribution in [0.15, 0.2) is 0 Å². The van der Waals surface area contributed by atoms with E-state index in [0.29, 0.717) is 5.04 Å². The largest absolute Gasteiger partial charge is 0.0654 e. The van der Waals surface area contributed by atoms with Crippen LogP contribution >= 0.6 is 0 Å². The molecular weight excluding hydrogens is 184 g/mol. The van der Waals surface area contributed by atoms with E-state index in [-0.39, 0.29) is 0 Å². The molecule has 0 aliphatic heterocycles. The third-order valence-corrected chi connectivity index (χ3v) is 4.45.